The molecule has 0 fully saturated rings. The zero-order chi connectivity index (χ0) is 9.94. The first kappa shape index (κ1) is 20.6. The van der Waals surface area contributed by atoms with E-state index < -0.39 is 0 Å². The summed E-state index contributed by atoms with van der Waals surface area (Å²) >= 11 is 0. The maximum absolute atomic E-state index is 2.27. The lowest BCUT2D eigenvalue weighted by atomic mass is 10.1. The molecule has 0 saturated heterocycles. The second-order valence-electron chi connectivity index (χ2n) is 4.28. The lowest BCUT2D eigenvalue weighted by Crippen LogP contribution is -2.12. The van der Waals surface area contributed by atoms with Crippen molar-refractivity contribution >= 4 is 12.4 Å². The molecule has 0 amide bonds. The smallest absolute Gasteiger partial charge is 0.00248 e. The highest BCUT2D eigenvalue weighted by atomic mass is 35.5. The molecule has 3 heteroatoms. The minimum Gasteiger partial charge on any atom is -0.344 e. The summed E-state index contributed by atoms with van der Waals surface area (Å²) in [5, 5.41) is 0. The number of hydrogen-bond donors (Lipinski definition) is 1. The predicted molar refractivity (Wildman–Crippen MR) is 73.4 cm³/mol. The van der Waals surface area contributed by atoms with E-state index in [2.05, 4.69) is 25.9 Å². The van der Waals surface area contributed by atoms with Crippen molar-refractivity contribution in [1.29, 1.82) is 0 Å². The third-order valence-corrected chi connectivity index (χ3v) is 2.46. The Hall–Kier alpha value is 0.210. The summed E-state index contributed by atoms with van der Waals surface area (Å²) in [6.07, 6.45) is 11.4. The number of rotatable bonds is 9. The molecule has 0 aromatic carbocycles. The summed E-state index contributed by atoms with van der Waals surface area (Å²) in [5.74, 6) is 0. The van der Waals surface area contributed by atoms with E-state index in [1.54, 1.807) is 0 Å². The molecular weight excluding hydrogens is 208 g/mol. The molecule has 0 aliphatic carbocycles. The van der Waals surface area contributed by atoms with E-state index >= 15 is 0 Å². The van der Waals surface area contributed by atoms with Crippen molar-refractivity contribution in [2.45, 2.75) is 58.3 Å². The van der Waals surface area contributed by atoms with Crippen LogP contribution < -0.4 is 6.15 Å². The van der Waals surface area contributed by atoms with Gasteiger partial charge in [0, 0.05) is 0 Å². The lowest BCUT2D eigenvalue weighted by Gasteiger charge is -2.08. The number of halogens is 1. The maximum atomic E-state index is 2.27. The van der Waals surface area contributed by atoms with Crippen LogP contribution in [0.25, 0.3) is 0 Å². The summed E-state index contributed by atoms with van der Waals surface area (Å²) in [6, 6.07) is 0. The van der Waals surface area contributed by atoms with Crippen molar-refractivity contribution in [3.05, 3.63) is 0 Å². The highest BCUT2D eigenvalue weighted by molar-refractivity contribution is 5.85. The summed E-state index contributed by atoms with van der Waals surface area (Å²) in [4.78, 5) is 2.27. The quantitative estimate of drug-likeness (QED) is 0.609. The van der Waals surface area contributed by atoms with Gasteiger partial charge in [0.1, 0.15) is 0 Å². The largest absolute Gasteiger partial charge is 0.344 e. The molecule has 0 atom stereocenters. The van der Waals surface area contributed by atoms with E-state index in [1.165, 1.54) is 57.9 Å². The number of hydrogen-bond acceptors (Lipinski definition) is 2. The highest BCUT2D eigenvalue weighted by Crippen LogP contribution is 2.08. The first-order chi connectivity index (χ1) is 6.27. The zero-order valence-electron chi connectivity index (χ0n) is 10.9. The molecular formula is C12H31ClN2. The number of unbranched alkanes of at least 4 members (excludes halogenated alkanes) is 7. The van der Waals surface area contributed by atoms with Crippen LogP contribution in [0.4, 0.5) is 0 Å². The number of nitrogens with zero attached hydrogens (tertiary/aromatic N) is 1. The summed E-state index contributed by atoms with van der Waals surface area (Å²) in [5.41, 5.74) is 0. The molecule has 15 heavy (non-hydrogen) atoms. The van der Waals surface area contributed by atoms with E-state index in [-0.39, 0.29) is 18.6 Å². The Morgan fingerprint density at radius 3 is 1.53 bits per heavy atom. The second kappa shape index (κ2) is 16.6. The molecule has 3 N–H and O–H groups in total. The third-order valence-electron chi connectivity index (χ3n) is 2.46. The fourth-order valence-electron chi connectivity index (χ4n) is 1.56. The molecule has 2 nitrogen and oxygen atoms in total. The van der Waals surface area contributed by atoms with Gasteiger partial charge >= 0.3 is 0 Å². The van der Waals surface area contributed by atoms with Crippen molar-refractivity contribution in [3.63, 3.8) is 0 Å². The van der Waals surface area contributed by atoms with Crippen LogP contribution in [0.15, 0.2) is 0 Å². The van der Waals surface area contributed by atoms with Gasteiger partial charge in [0.25, 0.3) is 0 Å². The van der Waals surface area contributed by atoms with Crippen LogP contribution in [0.1, 0.15) is 58.3 Å². The van der Waals surface area contributed by atoms with Crippen LogP contribution in [0, 0.1) is 0 Å². The fraction of sp³-hybridized carbons (Fsp3) is 1.00. The SMILES string of the molecule is CCCCCCCCCCN(C)C.Cl.N. The molecule has 0 saturated carbocycles. The first-order valence-corrected chi connectivity index (χ1v) is 5.92. The lowest BCUT2D eigenvalue weighted by molar-refractivity contribution is 0.389. The maximum Gasteiger partial charge on any atom is -0.00248 e. The van der Waals surface area contributed by atoms with Gasteiger partial charge in [0.2, 0.25) is 0 Å². The van der Waals surface area contributed by atoms with Crippen molar-refractivity contribution < 1.29 is 0 Å². The highest BCUT2D eigenvalue weighted by Gasteiger charge is 1.92. The Morgan fingerprint density at radius 2 is 1.13 bits per heavy atom. The van der Waals surface area contributed by atoms with Gasteiger partial charge in [-0.05, 0) is 27.1 Å². The van der Waals surface area contributed by atoms with Crippen LogP contribution in [-0.4, -0.2) is 25.5 Å². The Bertz CT molecular complexity index is 97.6. The molecule has 0 aliphatic heterocycles. The van der Waals surface area contributed by atoms with E-state index in [1.807, 2.05) is 0 Å². The summed E-state index contributed by atoms with van der Waals surface area (Å²) < 4.78 is 0. The Labute approximate surface area is 103 Å². The van der Waals surface area contributed by atoms with Crippen LogP contribution in [0.3, 0.4) is 0 Å². The summed E-state index contributed by atoms with van der Waals surface area (Å²) in [6.45, 7) is 3.53. The molecule has 0 heterocycles. The minimum atomic E-state index is 0. The Balaban J connectivity index is -0.000000720. The molecule has 0 aromatic heterocycles. The predicted octanol–water partition coefficient (Wildman–Crippen LogP) is 4.27. The molecule has 96 valence electrons. The second-order valence-corrected chi connectivity index (χ2v) is 4.28. The first-order valence-electron chi connectivity index (χ1n) is 5.92. The van der Waals surface area contributed by atoms with Gasteiger partial charge in [0.05, 0.1) is 0 Å². The average molecular weight is 239 g/mol. The van der Waals surface area contributed by atoms with E-state index in [0.29, 0.717) is 0 Å². The zero-order valence-corrected chi connectivity index (χ0v) is 11.7. The Morgan fingerprint density at radius 1 is 0.733 bits per heavy atom. The van der Waals surface area contributed by atoms with Gasteiger partial charge in [-0.2, -0.15) is 0 Å². The van der Waals surface area contributed by atoms with Crippen molar-refractivity contribution in [3.8, 4) is 0 Å². The molecule has 0 bridgehead atoms. The average Bonchev–Trinajstić information content (AvgIpc) is 2.09. The van der Waals surface area contributed by atoms with E-state index in [0.717, 1.165) is 0 Å². The van der Waals surface area contributed by atoms with Gasteiger partial charge in [-0.25, -0.2) is 0 Å². The third kappa shape index (κ3) is 20.3. The van der Waals surface area contributed by atoms with E-state index in [9.17, 15) is 0 Å². The molecule has 0 spiro atoms. The molecule has 0 unspecified atom stereocenters. The molecule has 0 radical (unpaired) electrons. The van der Waals surface area contributed by atoms with Crippen molar-refractivity contribution in [2.24, 2.45) is 0 Å². The van der Waals surface area contributed by atoms with Crippen LogP contribution in [0.2, 0.25) is 0 Å². The standard InChI is InChI=1S/C12H27N.ClH.H3N/c1-4-5-6-7-8-9-10-11-12-13(2)3;;/h4-12H2,1-3H3;1H;1H3. The van der Waals surface area contributed by atoms with Gasteiger partial charge in [-0.3, -0.25) is 0 Å². The topological polar surface area (TPSA) is 38.2 Å². The van der Waals surface area contributed by atoms with Crippen molar-refractivity contribution in [1.82, 2.24) is 11.1 Å². The van der Waals surface area contributed by atoms with Gasteiger partial charge in [-0.1, -0.05) is 51.9 Å². The van der Waals surface area contributed by atoms with Crippen molar-refractivity contribution in [2.75, 3.05) is 20.6 Å². The normalized spacial score (nSPS) is 9.60. The monoisotopic (exact) mass is 238 g/mol. The molecule has 0 rings (SSSR count). The molecule has 0 aliphatic rings. The minimum absolute atomic E-state index is 0. The van der Waals surface area contributed by atoms with Crippen LogP contribution >= 0.6 is 12.4 Å². The molecule has 0 aromatic rings. The van der Waals surface area contributed by atoms with Gasteiger partial charge in [-0.15, -0.1) is 12.4 Å². The fourth-order valence-corrected chi connectivity index (χ4v) is 1.56. The summed E-state index contributed by atoms with van der Waals surface area (Å²) in [7, 11) is 4.31. The Kier molecular flexibility index (Phi) is 22.8. The van der Waals surface area contributed by atoms with E-state index in [4.69, 9.17) is 0 Å². The van der Waals surface area contributed by atoms with Gasteiger partial charge in [0.15, 0.2) is 0 Å². The van der Waals surface area contributed by atoms with Crippen LogP contribution in [-0.2, 0) is 0 Å². The van der Waals surface area contributed by atoms with Gasteiger partial charge < -0.3 is 11.1 Å². The van der Waals surface area contributed by atoms with Crippen LogP contribution in [0.5, 0.6) is 0 Å².